The lowest BCUT2D eigenvalue weighted by Gasteiger charge is -2.22. The lowest BCUT2D eigenvalue weighted by atomic mass is 10.2. The number of nitrogens with one attached hydrogen (secondary N) is 1. The molecule has 1 amide bonds. The second-order valence-corrected chi connectivity index (χ2v) is 3.61. The van der Waals surface area contributed by atoms with E-state index >= 15 is 0 Å². The van der Waals surface area contributed by atoms with Crippen molar-refractivity contribution < 1.29 is 4.79 Å². The van der Waals surface area contributed by atoms with Gasteiger partial charge in [-0.3, -0.25) is 4.79 Å². The van der Waals surface area contributed by atoms with Crippen molar-refractivity contribution in [3.05, 3.63) is 23.9 Å². The SMILES string of the molecule is CCCN(CC(=O)NC)c1cc(C#N)ccn1. The van der Waals surface area contributed by atoms with Gasteiger partial charge in [-0.1, -0.05) is 6.92 Å². The van der Waals surface area contributed by atoms with Crippen LogP contribution in [0.2, 0.25) is 0 Å². The third kappa shape index (κ3) is 3.76. The third-order valence-electron chi connectivity index (χ3n) is 2.31. The molecule has 0 aliphatic rings. The van der Waals surface area contributed by atoms with Crippen molar-refractivity contribution in [3.63, 3.8) is 0 Å². The van der Waals surface area contributed by atoms with E-state index in [0.29, 0.717) is 11.4 Å². The maximum absolute atomic E-state index is 11.4. The fourth-order valence-electron chi connectivity index (χ4n) is 1.46. The summed E-state index contributed by atoms with van der Waals surface area (Å²) in [6, 6.07) is 5.40. The van der Waals surface area contributed by atoms with Crippen molar-refractivity contribution in [2.45, 2.75) is 13.3 Å². The number of carbonyl (C=O) groups excluding carboxylic acids is 1. The number of pyridine rings is 1. The van der Waals surface area contributed by atoms with Crippen LogP contribution in [-0.2, 0) is 4.79 Å². The van der Waals surface area contributed by atoms with Crippen LogP contribution in [0.15, 0.2) is 18.3 Å². The minimum Gasteiger partial charge on any atom is -0.358 e. The van der Waals surface area contributed by atoms with Crippen LogP contribution in [0, 0.1) is 11.3 Å². The first kappa shape index (κ1) is 13.0. The first-order chi connectivity index (χ1) is 8.21. The van der Waals surface area contributed by atoms with Gasteiger partial charge in [-0.25, -0.2) is 4.98 Å². The van der Waals surface area contributed by atoms with Gasteiger partial charge in [0.15, 0.2) is 0 Å². The number of hydrogen-bond donors (Lipinski definition) is 1. The first-order valence-corrected chi connectivity index (χ1v) is 5.53. The number of likely N-dealkylation sites (N-methyl/N-ethyl adjacent to an activating group) is 1. The quantitative estimate of drug-likeness (QED) is 0.819. The second-order valence-electron chi connectivity index (χ2n) is 3.61. The summed E-state index contributed by atoms with van der Waals surface area (Å²) in [6.45, 7) is 3.02. The van der Waals surface area contributed by atoms with E-state index < -0.39 is 0 Å². The predicted octanol–water partition coefficient (Wildman–Crippen LogP) is 0.916. The number of nitrogens with zero attached hydrogens (tertiary/aromatic N) is 3. The molecule has 0 bridgehead atoms. The van der Waals surface area contributed by atoms with Gasteiger partial charge >= 0.3 is 0 Å². The topological polar surface area (TPSA) is 69.0 Å². The Morgan fingerprint density at radius 3 is 3.00 bits per heavy atom. The second kappa shape index (κ2) is 6.48. The molecule has 17 heavy (non-hydrogen) atoms. The molecule has 0 spiro atoms. The number of aromatic nitrogens is 1. The molecule has 1 heterocycles. The summed E-state index contributed by atoms with van der Waals surface area (Å²) in [5.41, 5.74) is 0.549. The van der Waals surface area contributed by atoms with Crippen LogP contribution in [0.3, 0.4) is 0 Å². The molecule has 0 aliphatic heterocycles. The van der Waals surface area contributed by atoms with Gasteiger partial charge in [0.25, 0.3) is 0 Å². The molecule has 0 aromatic carbocycles. The molecule has 0 fully saturated rings. The van der Waals surface area contributed by atoms with E-state index in [4.69, 9.17) is 5.26 Å². The first-order valence-electron chi connectivity index (χ1n) is 5.53. The summed E-state index contributed by atoms with van der Waals surface area (Å²) in [5.74, 6) is 0.595. The Balaban J connectivity index is 2.88. The summed E-state index contributed by atoms with van der Waals surface area (Å²) in [7, 11) is 1.60. The molecule has 0 saturated heterocycles. The molecule has 0 unspecified atom stereocenters. The molecule has 5 nitrogen and oxygen atoms in total. The van der Waals surface area contributed by atoms with Crippen LogP contribution in [0.4, 0.5) is 5.82 Å². The molecule has 1 aromatic heterocycles. The normalized spacial score (nSPS) is 9.47. The van der Waals surface area contributed by atoms with Crippen molar-refractivity contribution in [3.8, 4) is 6.07 Å². The van der Waals surface area contributed by atoms with Gasteiger partial charge in [-0.2, -0.15) is 5.26 Å². The van der Waals surface area contributed by atoms with Crippen LogP contribution >= 0.6 is 0 Å². The molecule has 0 atom stereocenters. The largest absolute Gasteiger partial charge is 0.358 e. The van der Waals surface area contributed by atoms with E-state index in [-0.39, 0.29) is 12.5 Å². The Bertz CT molecular complexity index is 425. The summed E-state index contributed by atoms with van der Waals surface area (Å²) in [5, 5.41) is 11.4. The summed E-state index contributed by atoms with van der Waals surface area (Å²) < 4.78 is 0. The minimum absolute atomic E-state index is 0.0670. The van der Waals surface area contributed by atoms with Gasteiger partial charge in [-0.15, -0.1) is 0 Å². The standard InChI is InChI=1S/C12H16N4O/c1-3-6-16(9-12(17)14-2)11-7-10(8-13)4-5-15-11/h4-5,7H,3,6,9H2,1-2H3,(H,14,17). The maximum Gasteiger partial charge on any atom is 0.239 e. The van der Waals surface area contributed by atoms with Crippen molar-refractivity contribution in [2.75, 3.05) is 25.0 Å². The zero-order valence-electron chi connectivity index (χ0n) is 10.1. The van der Waals surface area contributed by atoms with Crippen molar-refractivity contribution in [1.29, 1.82) is 5.26 Å². The van der Waals surface area contributed by atoms with Gasteiger partial charge in [0.05, 0.1) is 18.2 Å². The van der Waals surface area contributed by atoms with Crippen molar-refractivity contribution in [1.82, 2.24) is 10.3 Å². The van der Waals surface area contributed by atoms with E-state index in [2.05, 4.69) is 16.4 Å². The number of nitriles is 1. The number of rotatable bonds is 5. The molecule has 1 rings (SSSR count). The van der Waals surface area contributed by atoms with E-state index in [9.17, 15) is 4.79 Å². The number of carbonyl (C=O) groups is 1. The highest BCUT2D eigenvalue weighted by Gasteiger charge is 2.11. The Morgan fingerprint density at radius 1 is 1.65 bits per heavy atom. The Morgan fingerprint density at radius 2 is 2.41 bits per heavy atom. The lowest BCUT2D eigenvalue weighted by Crippen LogP contribution is -2.36. The maximum atomic E-state index is 11.4. The molecular weight excluding hydrogens is 216 g/mol. The lowest BCUT2D eigenvalue weighted by molar-refractivity contribution is -0.119. The molecule has 0 aliphatic carbocycles. The van der Waals surface area contributed by atoms with Crippen LogP contribution < -0.4 is 10.2 Å². The Kier molecular flexibility index (Phi) is 4.95. The van der Waals surface area contributed by atoms with Crippen LogP contribution in [0.25, 0.3) is 0 Å². The van der Waals surface area contributed by atoms with Crippen LogP contribution in [0.1, 0.15) is 18.9 Å². The minimum atomic E-state index is -0.0670. The molecular formula is C12H16N4O. The highest BCUT2D eigenvalue weighted by atomic mass is 16.1. The van der Waals surface area contributed by atoms with Gasteiger partial charge < -0.3 is 10.2 Å². The average molecular weight is 232 g/mol. The van der Waals surface area contributed by atoms with Gasteiger partial charge in [0, 0.05) is 19.8 Å². The van der Waals surface area contributed by atoms with Crippen LogP contribution in [0.5, 0.6) is 0 Å². The third-order valence-corrected chi connectivity index (χ3v) is 2.31. The molecule has 0 saturated carbocycles. The highest BCUT2D eigenvalue weighted by Crippen LogP contribution is 2.12. The fourth-order valence-corrected chi connectivity index (χ4v) is 1.46. The summed E-state index contributed by atoms with van der Waals surface area (Å²) >= 11 is 0. The van der Waals surface area contributed by atoms with Gasteiger partial charge in [0.2, 0.25) is 5.91 Å². The average Bonchev–Trinajstić information content (AvgIpc) is 2.38. The van der Waals surface area contributed by atoms with Crippen molar-refractivity contribution >= 4 is 11.7 Å². The van der Waals surface area contributed by atoms with Crippen LogP contribution in [-0.4, -0.2) is 31.0 Å². The predicted molar refractivity (Wildman–Crippen MR) is 65.5 cm³/mol. The van der Waals surface area contributed by atoms with E-state index in [1.54, 1.807) is 25.4 Å². The number of anilines is 1. The molecule has 1 N–H and O–H groups in total. The monoisotopic (exact) mass is 232 g/mol. The summed E-state index contributed by atoms with van der Waals surface area (Å²) in [4.78, 5) is 17.4. The highest BCUT2D eigenvalue weighted by molar-refractivity contribution is 5.80. The van der Waals surface area contributed by atoms with E-state index in [0.717, 1.165) is 13.0 Å². The molecule has 5 heteroatoms. The smallest absolute Gasteiger partial charge is 0.239 e. The van der Waals surface area contributed by atoms with Gasteiger partial charge in [-0.05, 0) is 18.6 Å². The number of hydrogen-bond acceptors (Lipinski definition) is 4. The van der Waals surface area contributed by atoms with E-state index in [1.807, 2.05) is 11.8 Å². The zero-order chi connectivity index (χ0) is 12.7. The summed E-state index contributed by atoms with van der Waals surface area (Å²) in [6.07, 6.45) is 2.50. The Hall–Kier alpha value is -2.09. The van der Waals surface area contributed by atoms with E-state index in [1.165, 1.54) is 0 Å². The van der Waals surface area contributed by atoms with Gasteiger partial charge in [0.1, 0.15) is 5.82 Å². The molecule has 90 valence electrons. The number of amides is 1. The zero-order valence-corrected chi connectivity index (χ0v) is 10.1. The van der Waals surface area contributed by atoms with Crippen molar-refractivity contribution in [2.24, 2.45) is 0 Å². The molecule has 0 radical (unpaired) electrons. The Labute approximate surface area is 101 Å². The fraction of sp³-hybridized carbons (Fsp3) is 0.417. The molecule has 1 aromatic rings.